The predicted octanol–water partition coefficient (Wildman–Crippen LogP) is 3.84. The normalized spacial score (nSPS) is 23.5. The molecule has 0 aliphatic carbocycles. The van der Waals surface area contributed by atoms with Gasteiger partial charge in [0.25, 0.3) is 5.91 Å². The first-order chi connectivity index (χ1) is 11.7. The highest BCUT2D eigenvalue weighted by Gasteiger charge is 2.49. The summed E-state index contributed by atoms with van der Waals surface area (Å²) in [5, 5.41) is 11.5. The lowest BCUT2D eigenvalue weighted by Crippen LogP contribution is -2.44. The summed E-state index contributed by atoms with van der Waals surface area (Å²) in [5.41, 5.74) is 0.608. The molecule has 0 bridgehead atoms. The van der Waals surface area contributed by atoms with Gasteiger partial charge in [-0.05, 0) is 31.0 Å². The van der Waals surface area contributed by atoms with Gasteiger partial charge in [0, 0.05) is 17.5 Å². The van der Waals surface area contributed by atoms with E-state index in [9.17, 15) is 9.90 Å². The Labute approximate surface area is 141 Å². The highest BCUT2D eigenvalue weighted by molar-refractivity contribution is 6.12. The zero-order valence-corrected chi connectivity index (χ0v) is 13.6. The molecule has 1 unspecified atom stereocenters. The number of anilines is 1. The van der Waals surface area contributed by atoms with Crippen LogP contribution in [0.2, 0.25) is 0 Å². The summed E-state index contributed by atoms with van der Waals surface area (Å²) in [6, 6.07) is 14.8. The number of ether oxygens (including phenoxy) is 1. The second-order valence-electron chi connectivity index (χ2n) is 6.48. The van der Waals surface area contributed by atoms with E-state index in [2.05, 4.69) is 0 Å². The fourth-order valence-electron chi connectivity index (χ4n) is 3.76. The molecule has 4 heteroatoms. The molecule has 0 spiro atoms. The summed E-state index contributed by atoms with van der Waals surface area (Å²) in [6.07, 6.45) is 4.47. The summed E-state index contributed by atoms with van der Waals surface area (Å²) >= 11 is 0. The fraction of sp³-hybridized carbons (Fsp3) is 0.350. The minimum Gasteiger partial charge on any atom is -0.491 e. The minimum absolute atomic E-state index is 0.164. The van der Waals surface area contributed by atoms with Crippen LogP contribution in [0.5, 0.6) is 5.75 Å². The van der Waals surface area contributed by atoms with Gasteiger partial charge in [-0.3, -0.25) is 9.69 Å². The van der Waals surface area contributed by atoms with Crippen molar-refractivity contribution in [3.63, 3.8) is 0 Å². The SMILES string of the molecule is O=C1c2ccccc2C2(O)CCCCCCOc3ccccc3N12. The number of hydrogen-bond donors (Lipinski definition) is 1. The van der Waals surface area contributed by atoms with Gasteiger partial charge in [0.15, 0.2) is 5.72 Å². The fourth-order valence-corrected chi connectivity index (χ4v) is 3.76. The molecule has 124 valence electrons. The van der Waals surface area contributed by atoms with Crippen molar-refractivity contribution in [3.8, 4) is 5.75 Å². The molecule has 0 aromatic heterocycles. The summed E-state index contributed by atoms with van der Waals surface area (Å²) in [4.78, 5) is 14.6. The van der Waals surface area contributed by atoms with Crippen LogP contribution in [0.15, 0.2) is 48.5 Å². The maximum absolute atomic E-state index is 13.1. The van der Waals surface area contributed by atoms with Crippen molar-refractivity contribution in [2.24, 2.45) is 0 Å². The summed E-state index contributed by atoms with van der Waals surface area (Å²) in [5.74, 6) is 0.488. The molecule has 0 saturated carbocycles. The number of carbonyl (C=O) groups excluding carboxylic acids is 1. The molecular weight excluding hydrogens is 302 g/mol. The van der Waals surface area contributed by atoms with Gasteiger partial charge in [0.2, 0.25) is 0 Å². The molecule has 2 aliphatic heterocycles. The van der Waals surface area contributed by atoms with Crippen molar-refractivity contribution in [3.05, 3.63) is 59.7 Å². The van der Waals surface area contributed by atoms with Crippen molar-refractivity contribution in [2.75, 3.05) is 11.5 Å². The Balaban J connectivity index is 1.89. The topological polar surface area (TPSA) is 49.8 Å². The van der Waals surface area contributed by atoms with Crippen LogP contribution in [0.3, 0.4) is 0 Å². The van der Waals surface area contributed by atoms with Crippen LogP contribution < -0.4 is 9.64 Å². The van der Waals surface area contributed by atoms with Gasteiger partial charge >= 0.3 is 0 Å². The Morgan fingerprint density at radius 2 is 1.71 bits per heavy atom. The molecule has 1 amide bonds. The molecule has 0 fully saturated rings. The Morgan fingerprint density at radius 3 is 2.62 bits per heavy atom. The summed E-state index contributed by atoms with van der Waals surface area (Å²) in [6.45, 7) is 0.629. The van der Waals surface area contributed by atoms with E-state index in [0.29, 0.717) is 35.6 Å². The summed E-state index contributed by atoms with van der Waals surface area (Å²) < 4.78 is 5.91. The number of para-hydroxylation sites is 2. The van der Waals surface area contributed by atoms with E-state index >= 15 is 0 Å². The van der Waals surface area contributed by atoms with Crippen LogP contribution in [0.1, 0.15) is 48.0 Å². The minimum atomic E-state index is -1.31. The van der Waals surface area contributed by atoms with Crippen LogP contribution >= 0.6 is 0 Å². The van der Waals surface area contributed by atoms with Gasteiger partial charge in [-0.25, -0.2) is 0 Å². The third-order valence-electron chi connectivity index (χ3n) is 4.95. The number of nitrogens with zero attached hydrogens (tertiary/aromatic N) is 1. The number of hydrogen-bond acceptors (Lipinski definition) is 3. The number of carbonyl (C=O) groups is 1. The van der Waals surface area contributed by atoms with Crippen LogP contribution in [0.25, 0.3) is 0 Å². The predicted molar refractivity (Wildman–Crippen MR) is 92.2 cm³/mol. The third-order valence-corrected chi connectivity index (χ3v) is 4.95. The number of amides is 1. The molecular formula is C20H21NO3. The van der Waals surface area contributed by atoms with Gasteiger partial charge in [0.05, 0.1) is 12.3 Å². The second kappa shape index (κ2) is 5.95. The molecule has 1 atom stereocenters. The lowest BCUT2D eigenvalue weighted by molar-refractivity contribution is 0.0290. The van der Waals surface area contributed by atoms with Crippen molar-refractivity contribution in [2.45, 2.75) is 37.8 Å². The molecule has 0 radical (unpaired) electrons. The molecule has 4 rings (SSSR count). The van der Waals surface area contributed by atoms with E-state index in [1.54, 1.807) is 6.07 Å². The first-order valence-electron chi connectivity index (χ1n) is 8.60. The monoisotopic (exact) mass is 323 g/mol. The van der Waals surface area contributed by atoms with Crippen molar-refractivity contribution >= 4 is 11.6 Å². The Bertz CT molecular complexity index is 773. The number of benzene rings is 2. The van der Waals surface area contributed by atoms with Crippen molar-refractivity contribution < 1.29 is 14.6 Å². The van der Waals surface area contributed by atoms with Crippen molar-refractivity contribution in [1.29, 1.82) is 0 Å². The quantitative estimate of drug-likeness (QED) is 0.801. The van der Waals surface area contributed by atoms with Crippen molar-refractivity contribution in [1.82, 2.24) is 0 Å². The molecule has 1 N–H and O–H groups in total. The number of rotatable bonds is 0. The maximum Gasteiger partial charge on any atom is 0.261 e. The van der Waals surface area contributed by atoms with Gasteiger partial charge < -0.3 is 9.84 Å². The average molecular weight is 323 g/mol. The Hall–Kier alpha value is -2.33. The Morgan fingerprint density at radius 1 is 0.958 bits per heavy atom. The average Bonchev–Trinajstić information content (AvgIpc) is 2.81. The number of aliphatic hydroxyl groups is 1. The third kappa shape index (κ3) is 2.29. The van der Waals surface area contributed by atoms with Crippen LogP contribution in [0, 0.1) is 0 Å². The van der Waals surface area contributed by atoms with Gasteiger partial charge in [-0.1, -0.05) is 43.2 Å². The van der Waals surface area contributed by atoms with Crippen LogP contribution in [0.4, 0.5) is 5.69 Å². The van der Waals surface area contributed by atoms with Crippen LogP contribution in [-0.2, 0) is 5.72 Å². The zero-order chi connectivity index (χ0) is 16.6. The van der Waals surface area contributed by atoms with E-state index in [1.807, 2.05) is 42.5 Å². The van der Waals surface area contributed by atoms with Gasteiger partial charge in [-0.2, -0.15) is 0 Å². The second-order valence-corrected chi connectivity index (χ2v) is 6.48. The molecule has 4 nitrogen and oxygen atoms in total. The van der Waals surface area contributed by atoms with Crippen LogP contribution in [-0.4, -0.2) is 17.6 Å². The van der Waals surface area contributed by atoms with Gasteiger partial charge in [0.1, 0.15) is 5.75 Å². The van der Waals surface area contributed by atoms with E-state index in [1.165, 1.54) is 4.90 Å². The van der Waals surface area contributed by atoms with E-state index in [-0.39, 0.29) is 5.91 Å². The maximum atomic E-state index is 13.1. The van der Waals surface area contributed by atoms with E-state index in [0.717, 1.165) is 25.7 Å². The van der Waals surface area contributed by atoms with Gasteiger partial charge in [-0.15, -0.1) is 0 Å². The first kappa shape index (κ1) is 15.2. The number of fused-ring (bicyclic) bond motifs is 5. The lowest BCUT2D eigenvalue weighted by atomic mass is 9.95. The van der Waals surface area contributed by atoms with E-state index in [4.69, 9.17) is 4.74 Å². The molecule has 24 heavy (non-hydrogen) atoms. The highest BCUT2D eigenvalue weighted by Crippen LogP contribution is 2.46. The smallest absolute Gasteiger partial charge is 0.261 e. The molecule has 0 saturated heterocycles. The zero-order valence-electron chi connectivity index (χ0n) is 13.6. The molecule has 2 aromatic rings. The standard InChI is InChI=1S/C20H21NO3/c22-19-15-9-3-4-10-16(15)20(23)13-7-1-2-8-14-24-18-12-6-5-11-17(18)21(19)20/h3-6,9-12,23H,1-2,7-8,13-14H2. The first-order valence-corrected chi connectivity index (χ1v) is 8.60. The summed E-state index contributed by atoms with van der Waals surface area (Å²) in [7, 11) is 0. The largest absolute Gasteiger partial charge is 0.491 e. The highest BCUT2D eigenvalue weighted by atomic mass is 16.5. The molecule has 2 heterocycles. The molecule has 2 aliphatic rings. The Kier molecular flexibility index (Phi) is 3.77. The molecule has 2 aromatic carbocycles. The lowest BCUT2D eigenvalue weighted by Gasteiger charge is -2.35. The van der Waals surface area contributed by atoms with E-state index < -0.39 is 5.72 Å².